The number of piperidine rings is 1. The molecule has 1 aromatic heterocycles. The minimum absolute atomic E-state index is 0.204. The van der Waals surface area contributed by atoms with Gasteiger partial charge < -0.3 is 4.90 Å². The molecule has 0 aliphatic carbocycles. The highest BCUT2D eigenvalue weighted by Gasteiger charge is 2.19. The fourth-order valence-corrected chi connectivity index (χ4v) is 3.76. The molecule has 0 saturated carbocycles. The Morgan fingerprint density at radius 3 is 2.57 bits per heavy atom. The summed E-state index contributed by atoms with van der Waals surface area (Å²) >= 11 is 0. The second-order valence-electron chi connectivity index (χ2n) is 5.89. The molecule has 0 amide bonds. The molecule has 1 unspecified atom stereocenters. The molecule has 0 bridgehead atoms. The Labute approximate surface area is 136 Å². The SMILES string of the molecule is CC1CCCN(c2ccc(NS(=O)(=O)c3ccccc3)nn2)C1. The van der Waals surface area contributed by atoms with Crippen LogP contribution in [0.5, 0.6) is 0 Å². The van der Waals surface area contributed by atoms with Gasteiger partial charge in [0.15, 0.2) is 11.6 Å². The molecular formula is C16H20N4O2S. The highest BCUT2D eigenvalue weighted by atomic mass is 32.2. The minimum atomic E-state index is -3.63. The molecule has 0 spiro atoms. The summed E-state index contributed by atoms with van der Waals surface area (Å²) in [6.45, 7) is 4.15. The molecule has 1 fully saturated rings. The van der Waals surface area contributed by atoms with E-state index in [0.29, 0.717) is 5.92 Å². The molecule has 1 saturated heterocycles. The average molecular weight is 332 g/mol. The summed E-state index contributed by atoms with van der Waals surface area (Å²) in [5.74, 6) is 1.66. The van der Waals surface area contributed by atoms with Crippen LogP contribution in [0.15, 0.2) is 47.4 Å². The molecule has 23 heavy (non-hydrogen) atoms. The quantitative estimate of drug-likeness (QED) is 0.931. The van der Waals surface area contributed by atoms with Gasteiger partial charge in [0.1, 0.15) is 0 Å². The third kappa shape index (κ3) is 3.79. The van der Waals surface area contributed by atoms with Crippen LogP contribution in [0.3, 0.4) is 0 Å². The summed E-state index contributed by atoms with van der Waals surface area (Å²) in [7, 11) is -3.63. The summed E-state index contributed by atoms with van der Waals surface area (Å²) in [6.07, 6.45) is 2.38. The Morgan fingerprint density at radius 1 is 1.13 bits per heavy atom. The normalized spacial score (nSPS) is 18.7. The second-order valence-corrected chi connectivity index (χ2v) is 7.57. The smallest absolute Gasteiger partial charge is 0.263 e. The molecule has 6 nitrogen and oxygen atoms in total. The van der Waals surface area contributed by atoms with Gasteiger partial charge in [-0.3, -0.25) is 4.72 Å². The number of anilines is 2. The lowest BCUT2D eigenvalue weighted by molar-refractivity contribution is 0.444. The Kier molecular flexibility index (Phi) is 4.47. The minimum Gasteiger partial charge on any atom is -0.355 e. The van der Waals surface area contributed by atoms with E-state index in [4.69, 9.17) is 0 Å². The molecule has 2 aromatic rings. The number of sulfonamides is 1. The predicted octanol–water partition coefficient (Wildman–Crippen LogP) is 2.51. The van der Waals surface area contributed by atoms with Crippen molar-refractivity contribution in [3.8, 4) is 0 Å². The molecular weight excluding hydrogens is 312 g/mol. The fraction of sp³-hybridized carbons (Fsp3) is 0.375. The van der Waals surface area contributed by atoms with E-state index in [-0.39, 0.29) is 10.7 Å². The van der Waals surface area contributed by atoms with Crippen LogP contribution in [0.4, 0.5) is 11.6 Å². The first-order valence-corrected chi connectivity index (χ1v) is 9.19. The zero-order valence-corrected chi connectivity index (χ0v) is 13.8. The topological polar surface area (TPSA) is 75.2 Å². The van der Waals surface area contributed by atoms with Crippen LogP contribution in [0.2, 0.25) is 0 Å². The van der Waals surface area contributed by atoms with Gasteiger partial charge in [0, 0.05) is 13.1 Å². The lowest BCUT2D eigenvalue weighted by atomic mass is 10.0. The van der Waals surface area contributed by atoms with Crippen LogP contribution in [0, 0.1) is 5.92 Å². The van der Waals surface area contributed by atoms with Crippen LogP contribution in [0.25, 0.3) is 0 Å². The number of hydrogen-bond acceptors (Lipinski definition) is 5. The fourth-order valence-electron chi connectivity index (χ4n) is 2.74. The number of nitrogens with zero attached hydrogens (tertiary/aromatic N) is 3. The molecule has 0 radical (unpaired) electrons. The van der Waals surface area contributed by atoms with Crippen molar-refractivity contribution in [3.63, 3.8) is 0 Å². The van der Waals surface area contributed by atoms with Gasteiger partial charge in [0.2, 0.25) is 0 Å². The van der Waals surface area contributed by atoms with E-state index in [2.05, 4.69) is 26.7 Å². The van der Waals surface area contributed by atoms with Gasteiger partial charge >= 0.3 is 0 Å². The maximum atomic E-state index is 12.2. The molecule has 1 aromatic carbocycles. The van der Waals surface area contributed by atoms with Crippen molar-refractivity contribution < 1.29 is 8.42 Å². The standard InChI is InChI=1S/C16H20N4O2S/c1-13-6-5-11-20(12-13)16-10-9-15(17-18-16)19-23(21,22)14-7-3-2-4-8-14/h2-4,7-10,13H,5-6,11-12H2,1H3,(H,17,19). The summed E-state index contributed by atoms with van der Waals surface area (Å²) < 4.78 is 26.9. The largest absolute Gasteiger partial charge is 0.355 e. The van der Waals surface area contributed by atoms with E-state index in [1.807, 2.05) is 6.07 Å². The first-order chi connectivity index (χ1) is 11.0. The van der Waals surface area contributed by atoms with Gasteiger partial charge in [-0.25, -0.2) is 8.42 Å². The Hall–Kier alpha value is -2.15. The molecule has 2 heterocycles. The predicted molar refractivity (Wildman–Crippen MR) is 89.9 cm³/mol. The van der Waals surface area contributed by atoms with Gasteiger partial charge in [0.05, 0.1) is 4.90 Å². The summed E-state index contributed by atoms with van der Waals surface area (Å²) in [5, 5.41) is 8.17. The lowest BCUT2D eigenvalue weighted by Crippen LogP contribution is -2.34. The van der Waals surface area contributed by atoms with Gasteiger partial charge in [-0.15, -0.1) is 10.2 Å². The van der Waals surface area contributed by atoms with E-state index >= 15 is 0 Å². The summed E-state index contributed by atoms with van der Waals surface area (Å²) in [5.41, 5.74) is 0. The Morgan fingerprint density at radius 2 is 1.91 bits per heavy atom. The molecule has 3 rings (SSSR count). The van der Waals surface area contributed by atoms with Crippen molar-refractivity contribution in [2.24, 2.45) is 5.92 Å². The molecule has 1 atom stereocenters. The first kappa shape index (κ1) is 15.7. The summed E-state index contributed by atoms with van der Waals surface area (Å²) in [4.78, 5) is 2.40. The van der Waals surface area contributed by atoms with E-state index in [1.165, 1.54) is 6.42 Å². The van der Waals surface area contributed by atoms with Crippen molar-refractivity contribution in [1.29, 1.82) is 0 Å². The maximum absolute atomic E-state index is 12.2. The van der Waals surface area contributed by atoms with Crippen LogP contribution >= 0.6 is 0 Å². The van der Waals surface area contributed by atoms with Crippen molar-refractivity contribution in [2.45, 2.75) is 24.7 Å². The number of nitrogens with one attached hydrogen (secondary N) is 1. The third-order valence-electron chi connectivity index (χ3n) is 3.92. The third-order valence-corrected chi connectivity index (χ3v) is 5.29. The average Bonchev–Trinajstić information content (AvgIpc) is 2.56. The molecule has 1 aliphatic heterocycles. The van der Waals surface area contributed by atoms with E-state index in [0.717, 1.165) is 25.3 Å². The van der Waals surface area contributed by atoms with Crippen molar-refractivity contribution in [1.82, 2.24) is 10.2 Å². The van der Waals surface area contributed by atoms with Gasteiger partial charge in [-0.05, 0) is 43.0 Å². The zero-order valence-electron chi connectivity index (χ0n) is 13.0. The highest BCUT2D eigenvalue weighted by molar-refractivity contribution is 7.92. The van der Waals surface area contributed by atoms with E-state index in [9.17, 15) is 8.42 Å². The molecule has 1 N–H and O–H groups in total. The monoisotopic (exact) mass is 332 g/mol. The number of hydrogen-bond donors (Lipinski definition) is 1. The first-order valence-electron chi connectivity index (χ1n) is 7.71. The molecule has 1 aliphatic rings. The van der Waals surface area contributed by atoms with Crippen molar-refractivity contribution >= 4 is 21.7 Å². The van der Waals surface area contributed by atoms with Crippen molar-refractivity contribution in [3.05, 3.63) is 42.5 Å². The highest BCUT2D eigenvalue weighted by Crippen LogP contribution is 2.21. The van der Waals surface area contributed by atoms with Crippen molar-refractivity contribution in [2.75, 3.05) is 22.7 Å². The molecule has 7 heteroatoms. The van der Waals surface area contributed by atoms with Crippen LogP contribution in [0.1, 0.15) is 19.8 Å². The Bertz CT molecular complexity index is 747. The van der Waals surface area contributed by atoms with E-state index < -0.39 is 10.0 Å². The van der Waals surface area contributed by atoms with Crippen LogP contribution < -0.4 is 9.62 Å². The second kappa shape index (κ2) is 6.54. The number of benzene rings is 1. The molecule has 122 valence electrons. The van der Waals surface area contributed by atoms with Gasteiger partial charge in [-0.2, -0.15) is 0 Å². The maximum Gasteiger partial charge on any atom is 0.263 e. The van der Waals surface area contributed by atoms with Gasteiger partial charge in [0.25, 0.3) is 10.0 Å². The number of aromatic nitrogens is 2. The lowest BCUT2D eigenvalue weighted by Gasteiger charge is -2.31. The summed E-state index contributed by atoms with van der Waals surface area (Å²) in [6, 6.07) is 11.7. The zero-order chi connectivity index (χ0) is 16.3. The van der Waals surface area contributed by atoms with Crippen LogP contribution in [-0.2, 0) is 10.0 Å². The van der Waals surface area contributed by atoms with E-state index in [1.54, 1.807) is 36.4 Å². The van der Waals surface area contributed by atoms with Crippen LogP contribution in [-0.4, -0.2) is 31.7 Å². The van der Waals surface area contributed by atoms with Gasteiger partial charge in [-0.1, -0.05) is 25.1 Å². The Balaban J connectivity index is 1.73. The number of rotatable bonds is 4.